The van der Waals surface area contributed by atoms with E-state index < -0.39 is 24.1 Å². The zero-order valence-electron chi connectivity index (χ0n) is 10.5. The number of hydrogen-bond donors (Lipinski definition) is 1. The lowest BCUT2D eigenvalue weighted by Crippen LogP contribution is -2.19. The van der Waals surface area contributed by atoms with Crippen LogP contribution < -0.4 is 0 Å². The van der Waals surface area contributed by atoms with Gasteiger partial charge in [-0.25, -0.2) is 8.78 Å². The molecule has 2 aromatic carbocycles. The number of alkyl halides is 4. The summed E-state index contributed by atoms with van der Waals surface area (Å²) in [5.74, 6) is -6.05. The standard InChI is InChI=1S/C14H10F4O2S/c15-12(16)11(13(19)20)9-2-1-8-6-10(21-14(17)18)4-3-7(8)5-9/h1-6,11-12,14H,(H,19,20). The summed E-state index contributed by atoms with van der Waals surface area (Å²) in [6.07, 6.45) is -3.02. The summed E-state index contributed by atoms with van der Waals surface area (Å²) in [4.78, 5) is 11.2. The highest BCUT2D eigenvalue weighted by Crippen LogP contribution is 2.31. The van der Waals surface area contributed by atoms with Crippen molar-refractivity contribution >= 4 is 28.5 Å². The Kier molecular flexibility index (Phi) is 4.72. The molecule has 2 nitrogen and oxygen atoms in total. The van der Waals surface area contributed by atoms with Gasteiger partial charge in [-0.05, 0) is 28.5 Å². The van der Waals surface area contributed by atoms with Crippen LogP contribution in [-0.2, 0) is 4.79 Å². The Labute approximate surface area is 121 Å². The van der Waals surface area contributed by atoms with Crippen LogP contribution >= 0.6 is 11.8 Å². The van der Waals surface area contributed by atoms with Gasteiger partial charge in [0.1, 0.15) is 5.92 Å². The van der Waals surface area contributed by atoms with Crippen LogP contribution in [0.3, 0.4) is 0 Å². The summed E-state index contributed by atoms with van der Waals surface area (Å²) >= 11 is 0.386. The van der Waals surface area contributed by atoms with Crippen molar-refractivity contribution in [2.24, 2.45) is 0 Å². The normalized spacial score (nSPS) is 13.0. The number of halogens is 4. The third-order valence-corrected chi connectivity index (χ3v) is 3.64. The summed E-state index contributed by atoms with van der Waals surface area (Å²) in [5.41, 5.74) is -0.0146. The number of aliphatic carboxylic acids is 1. The van der Waals surface area contributed by atoms with Gasteiger partial charge < -0.3 is 5.11 Å². The summed E-state index contributed by atoms with van der Waals surface area (Å²) in [6, 6.07) is 8.54. The minimum atomic E-state index is -3.02. The molecule has 0 heterocycles. The SMILES string of the molecule is O=C(O)C(c1ccc2cc(SC(F)F)ccc2c1)C(F)F. The van der Waals surface area contributed by atoms with Gasteiger partial charge in [-0.3, -0.25) is 4.79 Å². The van der Waals surface area contributed by atoms with E-state index in [9.17, 15) is 22.4 Å². The molecule has 0 aliphatic heterocycles. The van der Waals surface area contributed by atoms with E-state index in [0.717, 1.165) is 0 Å². The Hall–Kier alpha value is -1.76. The first-order chi connectivity index (χ1) is 9.88. The van der Waals surface area contributed by atoms with Gasteiger partial charge in [0.25, 0.3) is 12.2 Å². The van der Waals surface area contributed by atoms with Gasteiger partial charge >= 0.3 is 5.97 Å². The Balaban J connectivity index is 2.40. The van der Waals surface area contributed by atoms with Crippen LogP contribution in [0.15, 0.2) is 41.3 Å². The zero-order chi connectivity index (χ0) is 15.6. The number of carboxylic acids is 1. The van der Waals surface area contributed by atoms with Crippen molar-refractivity contribution < 1.29 is 27.5 Å². The molecule has 0 bridgehead atoms. The van der Waals surface area contributed by atoms with Crippen molar-refractivity contribution in [1.82, 2.24) is 0 Å². The van der Waals surface area contributed by atoms with Crippen LogP contribution in [0.25, 0.3) is 10.8 Å². The van der Waals surface area contributed by atoms with E-state index in [1.807, 2.05) is 0 Å². The van der Waals surface area contributed by atoms with Gasteiger partial charge in [0, 0.05) is 4.90 Å². The van der Waals surface area contributed by atoms with Crippen molar-refractivity contribution in [1.29, 1.82) is 0 Å². The molecular formula is C14H10F4O2S. The molecule has 0 saturated heterocycles. The maximum atomic E-state index is 12.8. The predicted octanol–water partition coefficient (Wildman–Crippen LogP) is 4.59. The molecule has 0 aliphatic carbocycles. The van der Waals surface area contributed by atoms with Gasteiger partial charge in [0.05, 0.1) is 0 Å². The molecule has 2 aromatic rings. The maximum Gasteiger partial charge on any atom is 0.316 e. The molecule has 0 saturated carbocycles. The van der Waals surface area contributed by atoms with Crippen molar-refractivity contribution in [3.8, 4) is 0 Å². The predicted molar refractivity (Wildman–Crippen MR) is 72.2 cm³/mol. The van der Waals surface area contributed by atoms with Crippen LogP contribution in [0.1, 0.15) is 11.5 Å². The maximum absolute atomic E-state index is 12.8. The fourth-order valence-corrected chi connectivity index (χ4v) is 2.56. The minimum Gasteiger partial charge on any atom is -0.481 e. The average Bonchev–Trinajstić information content (AvgIpc) is 2.37. The van der Waals surface area contributed by atoms with Crippen LogP contribution in [0, 0.1) is 0 Å². The van der Waals surface area contributed by atoms with Crippen molar-refractivity contribution in [3.63, 3.8) is 0 Å². The van der Waals surface area contributed by atoms with Crippen LogP contribution in [0.2, 0.25) is 0 Å². The molecule has 0 fully saturated rings. The molecule has 0 aromatic heterocycles. The van der Waals surface area contributed by atoms with Gasteiger partial charge in [0.2, 0.25) is 0 Å². The molecule has 0 spiro atoms. The van der Waals surface area contributed by atoms with E-state index in [2.05, 4.69) is 0 Å². The molecule has 0 radical (unpaired) electrons. The third kappa shape index (κ3) is 3.66. The van der Waals surface area contributed by atoms with Gasteiger partial charge in [-0.15, -0.1) is 0 Å². The second-order valence-corrected chi connectivity index (χ2v) is 5.36. The largest absolute Gasteiger partial charge is 0.481 e. The number of benzene rings is 2. The van der Waals surface area contributed by atoms with Crippen LogP contribution in [0.4, 0.5) is 17.6 Å². The molecule has 0 amide bonds. The van der Waals surface area contributed by atoms with E-state index in [-0.39, 0.29) is 5.56 Å². The summed E-state index contributed by atoms with van der Waals surface area (Å²) in [6.45, 7) is 0. The van der Waals surface area contributed by atoms with Gasteiger partial charge in [-0.2, -0.15) is 8.78 Å². The Morgan fingerprint density at radius 3 is 2.19 bits per heavy atom. The Bertz CT molecular complexity index is 660. The van der Waals surface area contributed by atoms with E-state index in [0.29, 0.717) is 27.4 Å². The molecule has 1 unspecified atom stereocenters. The molecule has 2 rings (SSSR count). The lowest BCUT2D eigenvalue weighted by Gasteiger charge is -2.12. The number of carboxylic acid groups (broad SMARTS) is 1. The van der Waals surface area contributed by atoms with Gasteiger partial charge in [0.15, 0.2) is 0 Å². The lowest BCUT2D eigenvalue weighted by atomic mass is 9.97. The third-order valence-electron chi connectivity index (χ3n) is 2.94. The van der Waals surface area contributed by atoms with Crippen LogP contribution in [-0.4, -0.2) is 23.3 Å². The zero-order valence-corrected chi connectivity index (χ0v) is 11.3. The first-order valence-corrected chi connectivity index (χ1v) is 6.76. The molecule has 112 valence electrons. The first-order valence-electron chi connectivity index (χ1n) is 5.88. The van der Waals surface area contributed by atoms with Crippen molar-refractivity contribution in [3.05, 3.63) is 42.0 Å². The molecule has 1 atom stereocenters. The number of rotatable bonds is 5. The summed E-state index contributed by atoms with van der Waals surface area (Å²) < 4.78 is 50.1. The molecular weight excluding hydrogens is 308 g/mol. The van der Waals surface area contributed by atoms with E-state index in [1.165, 1.54) is 36.4 Å². The van der Waals surface area contributed by atoms with Crippen LogP contribution in [0.5, 0.6) is 0 Å². The number of carbonyl (C=O) groups is 1. The summed E-state index contributed by atoms with van der Waals surface area (Å²) in [5, 5.41) is 9.96. The number of fused-ring (bicyclic) bond motifs is 1. The molecule has 7 heteroatoms. The smallest absolute Gasteiger partial charge is 0.316 e. The average molecular weight is 318 g/mol. The highest BCUT2D eigenvalue weighted by Gasteiger charge is 2.29. The molecule has 21 heavy (non-hydrogen) atoms. The van der Waals surface area contributed by atoms with E-state index in [4.69, 9.17) is 5.11 Å². The highest BCUT2D eigenvalue weighted by molar-refractivity contribution is 7.99. The summed E-state index contributed by atoms with van der Waals surface area (Å²) in [7, 11) is 0. The van der Waals surface area contributed by atoms with Crippen molar-refractivity contribution in [2.75, 3.05) is 0 Å². The van der Waals surface area contributed by atoms with E-state index in [1.54, 1.807) is 0 Å². The second kappa shape index (κ2) is 6.34. The highest BCUT2D eigenvalue weighted by atomic mass is 32.2. The Morgan fingerprint density at radius 2 is 1.62 bits per heavy atom. The quantitative estimate of drug-likeness (QED) is 0.647. The second-order valence-electron chi connectivity index (χ2n) is 4.30. The number of hydrogen-bond acceptors (Lipinski definition) is 2. The molecule has 1 N–H and O–H groups in total. The minimum absolute atomic E-state index is 0.0146. The van der Waals surface area contributed by atoms with Crippen molar-refractivity contribution in [2.45, 2.75) is 23.0 Å². The monoisotopic (exact) mass is 318 g/mol. The molecule has 0 aliphatic rings. The fraction of sp³-hybridized carbons (Fsp3) is 0.214. The topological polar surface area (TPSA) is 37.3 Å². The number of thioether (sulfide) groups is 1. The fourth-order valence-electron chi connectivity index (χ4n) is 2.01. The lowest BCUT2D eigenvalue weighted by molar-refractivity contribution is -0.142. The van der Waals surface area contributed by atoms with Gasteiger partial charge in [-0.1, -0.05) is 36.0 Å². The Morgan fingerprint density at radius 1 is 1.00 bits per heavy atom. The van der Waals surface area contributed by atoms with E-state index >= 15 is 0 Å². The first kappa shape index (κ1) is 15.6.